The van der Waals surface area contributed by atoms with Crippen LogP contribution >= 0.6 is 24.0 Å². The number of nitrogens with one attached hydrogen (secondary N) is 2. The van der Waals surface area contributed by atoms with Gasteiger partial charge in [0.25, 0.3) is 0 Å². The van der Waals surface area contributed by atoms with E-state index >= 15 is 0 Å². The van der Waals surface area contributed by atoms with Crippen LogP contribution in [0.5, 0.6) is 0 Å². The lowest BCUT2D eigenvalue weighted by Gasteiger charge is -2.16. The summed E-state index contributed by atoms with van der Waals surface area (Å²) in [6, 6.07) is 10.8. The van der Waals surface area contributed by atoms with Gasteiger partial charge < -0.3 is 10.6 Å². The van der Waals surface area contributed by atoms with Gasteiger partial charge in [0.05, 0.1) is 17.9 Å². The standard InChI is InChI=1S/C19H27N5.HI/c1-4-14(2)22-19(20-3)21-13-17-16-11-8-12-18(16)24(23-17)15-9-6-5-7-10-15;/h5-7,9-10,14H,4,8,11-13H2,1-3H3,(H2,20,21,22);1H. The van der Waals surface area contributed by atoms with Crippen molar-refractivity contribution in [1.82, 2.24) is 20.4 Å². The van der Waals surface area contributed by atoms with Crippen LogP contribution in [-0.2, 0) is 19.4 Å². The Balaban J connectivity index is 0.00000225. The van der Waals surface area contributed by atoms with Crippen molar-refractivity contribution in [3.63, 3.8) is 0 Å². The normalized spacial score (nSPS) is 14.6. The number of rotatable bonds is 5. The van der Waals surface area contributed by atoms with E-state index < -0.39 is 0 Å². The molecule has 6 heteroatoms. The number of para-hydroxylation sites is 1. The summed E-state index contributed by atoms with van der Waals surface area (Å²) in [5.74, 6) is 0.838. The topological polar surface area (TPSA) is 54.2 Å². The zero-order valence-electron chi connectivity index (χ0n) is 15.2. The fraction of sp³-hybridized carbons (Fsp3) is 0.474. The molecule has 1 aliphatic rings. The van der Waals surface area contributed by atoms with E-state index in [1.54, 1.807) is 0 Å². The van der Waals surface area contributed by atoms with Crippen LogP contribution in [0.3, 0.4) is 0 Å². The van der Waals surface area contributed by atoms with Gasteiger partial charge in [-0.15, -0.1) is 24.0 Å². The molecule has 0 amide bonds. The van der Waals surface area contributed by atoms with E-state index in [4.69, 9.17) is 5.10 Å². The molecule has 1 atom stereocenters. The zero-order valence-corrected chi connectivity index (χ0v) is 17.6. The van der Waals surface area contributed by atoms with Gasteiger partial charge in [0.15, 0.2) is 5.96 Å². The first-order chi connectivity index (χ1) is 11.7. The van der Waals surface area contributed by atoms with Crippen molar-refractivity contribution < 1.29 is 0 Å². The van der Waals surface area contributed by atoms with Crippen LogP contribution in [0.1, 0.15) is 43.6 Å². The van der Waals surface area contributed by atoms with Crippen LogP contribution in [0.25, 0.3) is 5.69 Å². The minimum atomic E-state index is 0. The predicted octanol–water partition coefficient (Wildman–Crippen LogP) is 3.44. The van der Waals surface area contributed by atoms with Gasteiger partial charge in [-0.25, -0.2) is 4.68 Å². The predicted molar refractivity (Wildman–Crippen MR) is 114 cm³/mol. The number of aromatic nitrogens is 2. The number of hydrogen-bond acceptors (Lipinski definition) is 2. The second-order valence-electron chi connectivity index (χ2n) is 6.35. The maximum Gasteiger partial charge on any atom is 0.191 e. The number of benzene rings is 1. The number of fused-ring (bicyclic) bond motifs is 1. The molecule has 0 bridgehead atoms. The summed E-state index contributed by atoms with van der Waals surface area (Å²) in [6.07, 6.45) is 4.51. The van der Waals surface area contributed by atoms with Crippen LogP contribution in [0, 0.1) is 0 Å². The monoisotopic (exact) mass is 453 g/mol. The van der Waals surface area contributed by atoms with E-state index in [1.807, 2.05) is 13.1 Å². The molecule has 25 heavy (non-hydrogen) atoms. The SMILES string of the molecule is CCC(C)NC(=NC)NCc1nn(-c2ccccc2)c2c1CCC2.I. The molecule has 136 valence electrons. The highest BCUT2D eigenvalue weighted by Gasteiger charge is 2.23. The summed E-state index contributed by atoms with van der Waals surface area (Å²) in [7, 11) is 1.81. The fourth-order valence-corrected chi connectivity index (χ4v) is 3.14. The summed E-state index contributed by atoms with van der Waals surface area (Å²) in [5, 5.41) is 11.7. The summed E-state index contributed by atoms with van der Waals surface area (Å²) in [4.78, 5) is 4.31. The number of aliphatic imine (C=N–C) groups is 1. The van der Waals surface area contributed by atoms with Gasteiger partial charge in [-0.05, 0) is 50.3 Å². The second-order valence-corrected chi connectivity index (χ2v) is 6.35. The van der Waals surface area contributed by atoms with E-state index in [-0.39, 0.29) is 24.0 Å². The first kappa shape index (κ1) is 19.8. The molecular weight excluding hydrogens is 425 g/mol. The van der Waals surface area contributed by atoms with Crippen LogP contribution in [0.15, 0.2) is 35.3 Å². The van der Waals surface area contributed by atoms with Gasteiger partial charge in [-0.2, -0.15) is 5.10 Å². The summed E-state index contributed by atoms with van der Waals surface area (Å²) in [5.41, 5.74) is 5.05. The summed E-state index contributed by atoms with van der Waals surface area (Å²) in [6.45, 7) is 5.03. The van der Waals surface area contributed by atoms with Crippen molar-refractivity contribution in [3.8, 4) is 5.69 Å². The van der Waals surface area contributed by atoms with Crippen molar-refractivity contribution in [2.75, 3.05) is 7.05 Å². The molecule has 0 fully saturated rings. The number of hydrogen-bond donors (Lipinski definition) is 2. The van der Waals surface area contributed by atoms with Crippen molar-refractivity contribution in [2.24, 2.45) is 4.99 Å². The van der Waals surface area contributed by atoms with Crippen LogP contribution in [0.2, 0.25) is 0 Å². The average molecular weight is 453 g/mol. The van der Waals surface area contributed by atoms with Gasteiger partial charge in [0, 0.05) is 18.8 Å². The molecule has 1 aromatic carbocycles. The number of halogens is 1. The molecule has 0 aliphatic heterocycles. The Morgan fingerprint density at radius 1 is 1.28 bits per heavy atom. The van der Waals surface area contributed by atoms with Crippen molar-refractivity contribution >= 4 is 29.9 Å². The van der Waals surface area contributed by atoms with Gasteiger partial charge >= 0.3 is 0 Å². The highest BCUT2D eigenvalue weighted by atomic mass is 127. The summed E-state index contributed by atoms with van der Waals surface area (Å²) < 4.78 is 2.12. The first-order valence-electron chi connectivity index (χ1n) is 8.85. The Bertz CT molecular complexity index is 708. The molecule has 1 unspecified atom stereocenters. The smallest absolute Gasteiger partial charge is 0.191 e. The van der Waals surface area contributed by atoms with E-state index in [0.29, 0.717) is 12.6 Å². The van der Waals surface area contributed by atoms with E-state index in [9.17, 15) is 0 Å². The zero-order chi connectivity index (χ0) is 16.9. The molecule has 0 spiro atoms. The van der Waals surface area contributed by atoms with E-state index in [0.717, 1.165) is 36.6 Å². The summed E-state index contributed by atoms with van der Waals surface area (Å²) >= 11 is 0. The molecule has 1 aromatic heterocycles. The molecule has 0 saturated carbocycles. The van der Waals surface area contributed by atoms with Crippen LogP contribution in [0.4, 0.5) is 0 Å². The first-order valence-corrected chi connectivity index (χ1v) is 8.85. The fourth-order valence-electron chi connectivity index (χ4n) is 3.14. The van der Waals surface area contributed by atoms with Crippen molar-refractivity contribution in [2.45, 2.75) is 52.1 Å². The van der Waals surface area contributed by atoms with Crippen LogP contribution in [-0.4, -0.2) is 28.8 Å². The molecule has 1 heterocycles. The molecule has 2 N–H and O–H groups in total. The van der Waals surface area contributed by atoms with Crippen molar-refractivity contribution in [1.29, 1.82) is 0 Å². The number of guanidine groups is 1. The highest BCUT2D eigenvalue weighted by molar-refractivity contribution is 14.0. The van der Waals surface area contributed by atoms with Crippen molar-refractivity contribution in [3.05, 3.63) is 47.3 Å². The Hall–Kier alpha value is -1.57. The van der Waals surface area contributed by atoms with Crippen LogP contribution < -0.4 is 10.6 Å². The molecule has 0 saturated heterocycles. The van der Waals surface area contributed by atoms with Gasteiger partial charge in [-0.3, -0.25) is 4.99 Å². The lowest BCUT2D eigenvalue weighted by atomic mass is 10.2. The molecule has 5 nitrogen and oxygen atoms in total. The third-order valence-corrected chi connectivity index (χ3v) is 4.66. The third kappa shape index (κ3) is 4.54. The Kier molecular flexibility index (Phi) is 7.28. The number of nitrogens with zero attached hydrogens (tertiary/aromatic N) is 3. The quantitative estimate of drug-likeness (QED) is 0.415. The average Bonchev–Trinajstić information content (AvgIpc) is 3.22. The minimum Gasteiger partial charge on any atom is -0.354 e. The third-order valence-electron chi connectivity index (χ3n) is 4.66. The Labute approximate surface area is 167 Å². The molecule has 0 radical (unpaired) electrons. The van der Waals surface area contributed by atoms with Gasteiger partial charge in [0.2, 0.25) is 0 Å². The highest BCUT2D eigenvalue weighted by Crippen LogP contribution is 2.27. The molecule has 1 aliphatic carbocycles. The van der Waals surface area contributed by atoms with E-state index in [1.165, 1.54) is 17.7 Å². The molecule has 3 rings (SSSR count). The molecular formula is C19H28IN5. The molecule has 2 aromatic rings. The van der Waals surface area contributed by atoms with E-state index in [2.05, 4.69) is 58.4 Å². The Morgan fingerprint density at radius 3 is 2.72 bits per heavy atom. The maximum atomic E-state index is 4.88. The Morgan fingerprint density at radius 2 is 2.04 bits per heavy atom. The van der Waals surface area contributed by atoms with Gasteiger partial charge in [-0.1, -0.05) is 25.1 Å². The lowest BCUT2D eigenvalue weighted by Crippen LogP contribution is -2.41. The second kappa shape index (κ2) is 9.22. The van der Waals surface area contributed by atoms with Gasteiger partial charge in [0.1, 0.15) is 0 Å². The minimum absolute atomic E-state index is 0. The lowest BCUT2D eigenvalue weighted by molar-refractivity contribution is 0.621. The maximum absolute atomic E-state index is 4.88. The largest absolute Gasteiger partial charge is 0.354 e.